The molecule has 1 saturated heterocycles. The van der Waals surface area contributed by atoms with Crippen LogP contribution in [0.25, 0.3) is 5.57 Å². The molecule has 0 spiro atoms. The van der Waals surface area contributed by atoms with Crippen molar-refractivity contribution in [1.82, 2.24) is 4.90 Å². The van der Waals surface area contributed by atoms with Gasteiger partial charge in [0.05, 0.1) is 0 Å². The molecule has 0 amide bonds. The van der Waals surface area contributed by atoms with Crippen molar-refractivity contribution >= 4 is 5.57 Å². The normalized spacial score (nSPS) is 22.4. The Labute approximate surface area is 165 Å². The first-order valence-corrected chi connectivity index (χ1v) is 9.47. The minimum atomic E-state index is -5.75. The number of rotatable bonds is 5. The van der Waals surface area contributed by atoms with Crippen molar-refractivity contribution < 1.29 is 26.7 Å². The van der Waals surface area contributed by atoms with Crippen molar-refractivity contribution in [2.45, 2.75) is 50.2 Å². The Morgan fingerprint density at radius 1 is 0.897 bits per heavy atom. The van der Waals surface area contributed by atoms with Gasteiger partial charge in [0.15, 0.2) is 0 Å². The molecule has 2 aliphatic heterocycles. The number of benzene rings is 2. The Morgan fingerprint density at radius 2 is 1.59 bits per heavy atom. The van der Waals surface area contributed by atoms with Crippen molar-refractivity contribution in [2.24, 2.45) is 0 Å². The maximum Gasteiger partial charge on any atom is 0.499 e. The molecule has 0 radical (unpaired) electrons. The first kappa shape index (κ1) is 19.9. The van der Waals surface area contributed by atoms with Crippen molar-refractivity contribution in [1.29, 1.82) is 0 Å². The monoisotopic (exact) mass is 409 g/mol. The average molecular weight is 409 g/mol. The van der Waals surface area contributed by atoms with Crippen molar-refractivity contribution in [3.05, 3.63) is 71.8 Å². The molecule has 0 aromatic heterocycles. The molecule has 7 heteroatoms. The Morgan fingerprint density at radius 3 is 2.21 bits per heavy atom. The van der Waals surface area contributed by atoms with E-state index < -0.39 is 18.0 Å². The summed E-state index contributed by atoms with van der Waals surface area (Å²) in [5, 5.41) is 0. The van der Waals surface area contributed by atoms with Gasteiger partial charge in [-0.25, -0.2) is 0 Å². The molecular weight excluding hydrogens is 389 g/mol. The molecule has 0 aliphatic carbocycles. The van der Waals surface area contributed by atoms with E-state index in [9.17, 15) is 22.0 Å². The quantitative estimate of drug-likeness (QED) is 0.558. The number of hydrogen-bond donors (Lipinski definition) is 0. The maximum atomic E-state index is 13.0. The lowest BCUT2D eigenvalue weighted by Gasteiger charge is -2.34. The third-order valence-corrected chi connectivity index (χ3v) is 5.55. The summed E-state index contributed by atoms with van der Waals surface area (Å²) in [6.45, 7) is 0.874. The first-order valence-electron chi connectivity index (χ1n) is 9.47. The van der Waals surface area contributed by atoms with Gasteiger partial charge in [0, 0.05) is 18.6 Å². The van der Waals surface area contributed by atoms with Crippen LogP contribution in [0.5, 0.6) is 5.75 Å². The number of hydrogen-bond acceptors (Lipinski definition) is 2. The molecule has 2 aromatic carbocycles. The fourth-order valence-electron chi connectivity index (χ4n) is 4.12. The summed E-state index contributed by atoms with van der Waals surface area (Å²) in [5.74, 6) is -0.513. The molecule has 2 unspecified atom stereocenters. The molecule has 0 N–H and O–H groups in total. The summed E-state index contributed by atoms with van der Waals surface area (Å²) in [5.41, 5.74) is 3.17. The number of alkyl halides is 5. The molecule has 154 valence electrons. The van der Waals surface area contributed by atoms with Gasteiger partial charge in [-0.15, -0.1) is 0 Å². The van der Waals surface area contributed by atoms with Crippen molar-refractivity contribution in [3.8, 4) is 5.75 Å². The fourth-order valence-corrected chi connectivity index (χ4v) is 4.12. The smallest absolute Gasteiger partial charge is 0.426 e. The number of halogens is 5. The minimum Gasteiger partial charge on any atom is -0.426 e. The number of ether oxygens (including phenoxy) is 1. The van der Waals surface area contributed by atoms with Crippen LogP contribution in [0.4, 0.5) is 22.0 Å². The van der Waals surface area contributed by atoms with Crippen LogP contribution in [-0.2, 0) is 6.54 Å². The van der Waals surface area contributed by atoms with Gasteiger partial charge >= 0.3 is 12.3 Å². The molecule has 1 fully saturated rings. The van der Waals surface area contributed by atoms with Gasteiger partial charge in [0.25, 0.3) is 0 Å². The first-order chi connectivity index (χ1) is 13.7. The Kier molecular flexibility index (Phi) is 5.11. The van der Waals surface area contributed by atoms with E-state index in [0.29, 0.717) is 12.1 Å². The van der Waals surface area contributed by atoms with E-state index >= 15 is 0 Å². The second-order valence-corrected chi connectivity index (χ2v) is 7.49. The van der Waals surface area contributed by atoms with E-state index in [1.807, 2.05) is 18.2 Å². The third kappa shape index (κ3) is 4.15. The van der Waals surface area contributed by atoms with Crippen LogP contribution in [0.2, 0.25) is 0 Å². The SMILES string of the molecule is FC(F)(F)C(F)(F)Oc1ccc(C2=CC3CCC(C2)N3Cc2ccccc2)cc1. The molecule has 4 rings (SSSR count). The second-order valence-electron chi connectivity index (χ2n) is 7.49. The highest BCUT2D eigenvalue weighted by Crippen LogP contribution is 2.41. The van der Waals surface area contributed by atoms with Gasteiger partial charge in [0.1, 0.15) is 5.75 Å². The predicted molar refractivity (Wildman–Crippen MR) is 99.5 cm³/mol. The highest BCUT2D eigenvalue weighted by Gasteiger charge is 2.61. The van der Waals surface area contributed by atoms with Crippen LogP contribution in [0.15, 0.2) is 60.7 Å². The van der Waals surface area contributed by atoms with Gasteiger partial charge in [-0.3, -0.25) is 4.90 Å². The van der Waals surface area contributed by atoms with Gasteiger partial charge < -0.3 is 4.74 Å². The summed E-state index contributed by atoms with van der Waals surface area (Å²) in [6.07, 6.45) is -5.82. The Hall–Kier alpha value is -2.41. The fraction of sp³-hybridized carbons (Fsp3) is 0.364. The molecule has 2 heterocycles. The molecule has 2 aromatic rings. The number of nitrogens with zero attached hydrogens (tertiary/aromatic N) is 1. The summed E-state index contributed by atoms with van der Waals surface area (Å²) in [7, 11) is 0. The maximum absolute atomic E-state index is 13.0. The standard InChI is InChI=1S/C22H20F5NO/c23-21(24,25)22(26,27)29-20-10-6-16(7-11-20)17-12-18-8-9-19(13-17)28(18)14-15-4-2-1-3-5-15/h1-7,10-12,18-19H,8-9,13-14H2. The van der Waals surface area contributed by atoms with E-state index in [1.54, 1.807) is 12.1 Å². The van der Waals surface area contributed by atoms with Gasteiger partial charge in [0.2, 0.25) is 0 Å². The van der Waals surface area contributed by atoms with Crippen LogP contribution in [0, 0.1) is 0 Å². The van der Waals surface area contributed by atoms with E-state index in [2.05, 4.69) is 27.8 Å². The second kappa shape index (κ2) is 7.44. The van der Waals surface area contributed by atoms with E-state index in [1.165, 1.54) is 5.56 Å². The third-order valence-electron chi connectivity index (χ3n) is 5.55. The zero-order valence-electron chi connectivity index (χ0n) is 15.5. The molecular formula is C22H20F5NO. The van der Waals surface area contributed by atoms with Crippen LogP contribution >= 0.6 is 0 Å². The van der Waals surface area contributed by atoms with Crippen LogP contribution in [-0.4, -0.2) is 29.3 Å². The molecule has 2 bridgehead atoms. The largest absolute Gasteiger partial charge is 0.499 e. The Balaban J connectivity index is 1.47. The zero-order chi connectivity index (χ0) is 20.6. The highest BCUT2D eigenvalue weighted by molar-refractivity contribution is 5.68. The summed E-state index contributed by atoms with van der Waals surface area (Å²) in [4.78, 5) is 2.47. The average Bonchev–Trinajstić information content (AvgIpc) is 2.89. The summed E-state index contributed by atoms with van der Waals surface area (Å²) in [6, 6.07) is 16.3. The van der Waals surface area contributed by atoms with Crippen molar-refractivity contribution in [3.63, 3.8) is 0 Å². The molecule has 29 heavy (non-hydrogen) atoms. The lowest BCUT2D eigenvalue weighted by Crippen LogP contribution is -2.41. The lowest BCUT2D eigenvalue weighted by molar-refractivity contribution is -0.360. The van der Waals surface area contributed by atoms with Gasteiger partial charge in [-0.2, -0.15) is 22.0 Å². The minimum absolute atomic E-state index is 0.300. The highest BCUT2D eigenvalue weighted by atomic mass is 19.4. The zero-order valence-corrected chi connectivity index (χ0v) is 15.5. The predicted octanol–water partition coefficient (Wildman–Crippen LogP) is 6.04. The van der Waals surface area contributed by atoms with Crippen LogP contribution < -0.4 is 4.74 Å². The van der Waals surface area contributed by atoms with Crippen LogP contribution in [0.1, 0.15) is 30.4 Å². The summed E-state index contributed by atoms with van der Waals surface area (Å²) < 4.78 is 66.8. The van der Waals surface area contributed by atoms with Crippen molar-refractivity contribution in [2.75, 3.05) is 0 Å². The topological polar surface area (TPSA) is 12.5 Å². The van der Waals surface area contributed by atoms with E-state index in [0.717, 1.165) is 49.1 Å². The van der Waals surface area contributed by atoms with Gasteiger partial charge in [-0.05, 0) is 48.1 Å². The van der Waals surface area contributed by atoms with E-state index in [-0.39, 0.29) is 0 Å². The molecule has 2 nitrogen and oxygen atoms in total. The van der Waals surface area contributed by atoms with Crippen LogP contribution in [0.3, 0.4) is 0 Å². The summed E-state index contributed by atoms with van der Waals surface area (Å²) >= 11 is 0. The van der Waals surface area contributed by atoms with Gasteiger partial charge in [-0.1, -0.05) is 48.5 Å². The molecule has 2 aliphatic rings. The molecule has 0 saturated carbocycles. The Bertz CT molecular complexity index is 876. The molecule has 2 atom stereocenters. The lowest BCUT2D eigenvalue weighted by atomic mass is 9.94. The van der Waals surface area contributed by atoms with E-state index in [4.69, 9.17) is 0 Å². The number of fused-ring (bicyclic) bond motifs is 2.